The van der Waals surface area contributed by atoms with Crippen LogP contribution in [0.2, 0.25) is 0 Å². The SMILES string of the molecule is COC(=O)[C@H]1CCCN(Cc2cc(C#N)ccc2F)C1. The highest BCUT2D eigenvalue weighted by Gasteiger charge is 2.26. The van der Waals surface area contributed by atoms with Gasteiger partial charge in [0.15, 0.2) is 0 Å². The number of carbonyl (C=O) groups is 1. The van der Waals surface area contributed by atoms with Gasteiger partial charge in [-0.05, 0) is 37.6 Å². The van der Waals surface area contributed by atoms with E-state index in [2.05, 4.69) is 0 Å². The molecule has 20 heavy (non-hydrogen) atoms. The molecule has 1 atom stereocenters. The van der Waals surface area contributed by atoms with E-state index in [0.29, 0.717) is 24.2 Å². The van der Waals surface area contributed by atoms with E-state index in [-0.39, 0.29) is 17.7 Å². The fraction of sp³-hybridized carbons (Fsp3) is 0.467. The summed E-state index contributed by atoms with van der Waals surface area (Å²) in [7, 11) is 1.39. The highest BCUT2D eigenvalue weighted by Crippen LogP contribution is 2.21. The summed E-state index contributed by atoms with van der Waals surface area (Å²) in [5, 5.41) is 8.86. The van der Waals surface area contributed by atoms with Crippen molar-refractivity contribution < 1.29 is 13.9 Å². The lowest BCUT2D eigenvalue weighted by molar-refractivity contribution is -0.147. The number of benzene rings is 1. The van der Waals surface area contributed by atoms with Crippen molar-refractivity contribution in [2.24, 2.45) is 5.92 Å². The van der Waals surface area contributed by atoms with Crippen LogP contribution in [0.3, 0.4) is 0 Å². The lowest BCUT2D eigenvalue weighted by atomic mass is 9.97. The van der Waals surface area contributed by atoms with Crippen molar-refractivity contribution in [3.63, 3.8) is 0 Å². The molecule has 0 spiro atoms. The molecule has 0 saturated carbocycles. The molecule has 1 heterocycles. The van der Waals surface area contributed by atoms with Crippen molar-refractivity contribution in [3.05, 3.63) is 35.1 Å². The van der Waals surface area contributed by atoms with E-state index in [1.165, 1.54) is 19.2 Å². The van der Waals surface area contributed by atoms with Crippen LogP contribution in [-0.4, -0.2) is 31.1 Å². The van der Waals surface area contributed by atoms with Crippen molar-refractivity contribution in [1.29, 1.82) is 5.26 Å². The maximum atomic E-state index is 13.8. The van der Waals surface area contributed by atoms with Crippen LogP contribution in [0.5, 0.6) is 0 Å². The van der Waals surface area contributed by atoms with Crippen molar-refractivity contribution in [2.75, 3.05) is 20.2 Å². The van der Waals surface area contributed by atoms with Crippen molar-refractivity contribution in [3.8, 4) is 6.07 Å². The number of methoxy groups -OCH3 is 1. The van der Waals surface area contributed by atoms with Crippen LogP contribution < -0.4 is 0 Å². The lowest BCUT2D eigenvalue weighted by Gasteiger charge is -2.31. The molecule has 0 unspecified atom stereocenters. The fourth-order valence-corrected chi connectivity index (χ4v) is 2.56. The van der Waals surface area contributed by atoms with Crippen LogP contribution in [0.15, 0.2) is 18.2 Å². The number of esters is 1. The molecule has 1 aliphatic rings. The average molecular weight is 276 g/mol. The maximum absolute atomic E-state index is 13.8. The Hall–Kier alpha value is -1.93. The van der Waals surface area contributed by atoms with E-state index < -0.39 is 0 Å². The smallest absolute Gasteiger partial charge is 0.309 e. The fourth-order valence-electron chi connectivity index (χ4n) is 2.56. The summed E-state index contributed by atoms with van der Waals surface area (Å²) in [5.41, 5.74) is 0.942. The maximum Gasteiger partial charge on any atom is 0.309 e. The summed E-state index contributed by atoms with van der Waals surface area (Å²) in [6.45, 7) is 1.81. The molecule has 1 fully saturated rings. The first-order valence-corrected chi connectivity index (χ1v) is 6.62. The Morgan fingerprint density at radius 2 is 2.40 bits per heavy atom. The van der Waals surface area contributed by atoms with E-state index >= 15 is 0 Å². The van der Waals surface area contributed by atoms with Gasteiger partial charge in [-0.2, -0.15) is 5.26 Å². The minimum Gasteiger partial charge on any atom is -0.469 e. The summed E-state index contributed by atoms with van der Waals surface area (Å²) in [6, 6.07) is 6.35. The molecule has 0 aliphatic carbocycles. The van der Waals surface area contributed by atoms with Crippen molar-refractivity contribution in [1.82, 2.24) is 4.90 Å². The highest BCUT2D eigenvalue weighted by molar-refractivity contribution is 5.72. The first kappa shape index (κ1) is 14.5. The summed E-state index contributed by atoms with van der Waals surface area (Å²) in [4.78, 5) is 13.6. The third kappa shape index (κ3) is 3.34. The molecule has 2 rings (SSSR count). The van der Waals surface area contributed by atoms with Crippen molar-refractivity contribution in [2.45, 2.75) is 19.4 Å². The molecule has 0 aromatic heterocycles. The number of halogens is 1. The predicted octanol–water partition coefficient (Wildman–Crippen LogP) is 2.08. The van der Waals surface area contributed by atoms with E-state index in [0.717, 1.165) is 19.4 Å². The Kier molecular flexibility index (Phi) is 4.70. The molecule has 5 heteroatoms. The standard InChI is InChI=1S/C15H17FN2O2/c1-20-15(19)12-3-2-6-18(9-12)10-13-7-11(8-17)4-5-14(13)16/h4-5,7,12H,2-3,6,9-10H2,1H3/t12-/m0/s1. The van der Waals surface area contributed by atoms with E-state index in [9.17, 15) is 9.18 Å². The van der Waals surface area contributed by atoms with E-state index in [4.69, 9.17) is 10.00 Å². The van der Waals surface area contributed by atoms with Crippen LogP contribution in [0.4, 0.5) is 4.39 Å². The largest absolute Gasteiger partial charge is 0.469 e. The zero-order valence-corrected chi connectivity index (χ0v) is 11.4. The number of likely N-dealkylation sites (tertiary alicyclic amines) is 1. The quantitative estimate of drug-likeness (QED) is 0.793. The normalized spacial score (nSPS) is 19.4. The topological polar surface area (TPSA) is 53.3 Å². The van der Waals surface area contributed by atoms with Crippen LogP contribution >= 0.6 is 0 Å². The van der Waals surface area contributed by atoms with Gasteiger partial charge >= 0.3 is 5.97 Å². The minimum atomic E-state index is -0.316. The van der Waals surface area contributed by atoms with Crippen LogP contribution in [0, 0.1) is 23.1 Å². The Labute approximate surface area is 117 Å². The zero-order chi connectivity index (χ0) is 14.5. The van der Waals surface area contributed by atoms with Gasteiger partial charge in [-0.1, -0.05) is 0 Å². The summed E-state index contributed by atoms with van der Waals surface area (Å²) < 4.78 is 18.5. The summed E-state index contributed by atoms with van der Waals surface area (Å²) in [5.74, 6) is -0.666. The second-order valence-electron chi connectivity index (χ2n) is 5.02. The molecule has 0 amide bonds. The zero-order valence-electron chi connectivity index (χ0n) is 11.4. The number of hydrogen-bond donors (Lipinski definition) is 0. The monoisotopic (exact) mass is 276 g/mol. The molecule has 1 saturated heterocycles. The number of nitriles is 1. The number of rotatable bonds is 3. The molecule has 0 N–H and O–H groups in total. The van der Waals surface area contributed by atoms with Crippen LogP contribution in [-0.2, 0) is 16.1 Å². The third-order valence-corrected chi connectivity index (χ3v) is 3.61. The number of piperidine rings is 1. The van der Waals surface area contributed by atoms with E-state index in [1.54, 1.807) is 6.07 Å². The Bertz CT molecular complexity index is 539. The Morgan fingerprint density at radius 3 is 3.10 bits per heavy atom. The summed E-state index contributed by atoms with van der Waals surface area (Å²) in [6.07, 6.45) is 1.70. The molecule has 4 nitrogen and oxygen atoms in total. The highest BCUT2D eigenvalue weighted by atomic mass is 19.1. The first-order chi connectivity index (χ1) is 9.63. The van der Waals surface area contributed by atoms with Gasteiger partial charge in [0.05, 0.1) is 24.7 Å². The number of hydrogen-bond acceptors (Lipinski definition) is 4. The van der Waals surface area contributed by atoms with Gasteiger partial charge in [-0.25, -0.2) is 4.39 Å². The van der Waals surface area contributed by atoms with Crippen molar-refractivity contribution >= 4 is 5.97 Å². The van der Waals surface area contributed by atoms with Gasteiger partial charge in [-0.3, -0.25) is 9.69 Å². The number of nitrogens with zero attached hydrogens (tertiary/aromatic N) is 2. The van der Waals surface area contributed by atoms with Gasteiger partial charge in [0.2, 0.25) is 0 Å². The first-order valence-electron chi connectivity index (χ1n) is 6.62. The summed E-state index contributed by atoms with van der Waals surface area (Å²) >= 11 is 0. The molecule has 0 radical (unpaired) electrons. The molecule has 1 aromatic carbocycles. The Morgan fingerprint density at radius 1 is 1.60 bits per heavy atom. The second kappa shape index (κ2) is 6.49. The molecule has 1 aromatic rings. The second-order valence-corrected chi connectivity index (χ2v) is 5.02. The number of carbonyl (C=O) groups excluding carboxylic acids is 1. The van der Waals surface area contributed by atoms with Gasteiger partial charge in [-0.15, -0.1) is 0 Å². The molecule has 1 aliphatic heterocycles. The van der Waals surface area contributed by atoms with Gasteiger partial charge < -0.3 is 4.74 Å². The van der Waals surface area contributed by atoms with E-state index in [1.807, 2.05) is 11.0 Å². The minimum absolute atomic E-state index is 0.143. The predicted molar refractivity (Wildman–Crippen MR) is 71.1 cm³/mol. The van der Waals surface area contributed by atoms with Crippen LogP contribution in [0.1, 0.15) is 24.0 Å². The molecular formula is C15H17FN2O2. The number of ether oxygens (including phenoxy) is 1. The van der Waals surface area contributed by atoms with Crippen LogP contribution in [0.25, 0.3) is 0 Å². The van der Waals surface area contributed by atoms with Gasteiger partial charge in [0.25, 0.3) is 0 Å². The molecule has 0 bridgehead atoms. The lowest BCUT2D eigenvalue weighted by Crippen LogP contribution is -2.38. The third-order valence-electron chi connectivity index (χ3n) is 3.61. The Balaban J connectivity index is 2.06. The average Bonchev–Trinajstić information content (AvgIpc) is 2.49. The molecule has 106 valence electrons. The molecular weight excluding hydrogens is 259 g/mol. The van der Waals surface area contributed by atoms with Gasteiger partial charge in [0.1, 0.15) is 5.82 Å². The van der Waals surface area contributed by atoms with Gasteiger partial charge in [0, 0.05) is 18.7 Å².